The first-order valence-corrected chi connectivity index (χ1v) is 14.7. The van der Waals surface area contributed by atoms with E-state index in [-0.39, 0.29) is 17.4 Å². The molecule has 2 aliphatic rings. The summed E-state index contributed by atoms with van der Waals surface area (Å²) in [5, 5.41) is 12.4. The summed E-state index contributed by atoms with van der Waals surface area (Å²) in [4.78, 5) is 21.4. The highest BCUT2D eigenvalue weighted by molar-refractivity contribution is 6.35. The Labute approximate surface area is 256 Å². The number of nitrogens with zero attached hydrogens (tertiary/aromatic N) is 3. The van der Waals surface area contributed by atoms with Gasteiger partial charge in [0.1, 0.15) is 5.54 Å². The minimum Gasteiger partial charge on any atom is -0.383 e. The Balaban J connectivity index is 1.46. The molecule has 0 radical (unpaired) electrons. The molecule has 0 unspecified atom stereocenters. The lowest BCUT2D eigenvalue weighted by atomic mass is 9.75. The number of nitrogens with two attached hydrogens (primary N) is 1. The molecule has 0 bridgehead atoms. The number of benzene rings is 2. The number of primary amides is 1. The first kappa shape index (κ1) is 28.6. The first-order valence-electron chi connectivity index (χ1n) is 14.3. The molecule has 0 saturated heterocycles. The number of nitrogens with one attached hydrogen (secondary N) is 4. The number of hydrazine groups is 2. The zero-order chi connectivity index (χ0) is 30.4. The lowest BCUT2D eigenvalue weighted by Gasteiger charge is -2.44. The number of fused-ring (bicyclic) bond motifs is 2. The number of terminal acetylenes is 1. The fourth-order valence-corrected chi connectivity index (χ4v) is 5.98. The fourth-order valence-electron chi connectivity index (χ4n) is 5.71. The maximum atomic E-state index is 12.5. The fraction of sp³-hybridized carbons (Fsp3) is 0.303. The Morgan fingerprint density at radius 3 is 2.74 bits per heavy atom. The normalized spacial score (nSPS) is 16.6. The standard InChI is InChI=1S/C33H35ClN8O/c1-5-20-17-37-29-25(28(20)38-19-32(2,3)4)14-22(15-26(29)34)39-30(24-9-6-8-21-16-36-13-10-23(21)24)27-18-42(41-40-27)33(31(35)43)11-7-12-33/h1,6,8-10,13-18,30,39-41H,7,11-12,19H2,2-4H3,(H2,35,43)(H,37,38)/t30-/m0/s1. The van der Waals surface area contributed by atoms with Gasteiger partial charge in [-0.25, -0.2) is 0 Å². The third-order valence-corrected chi connectivity index (χ3v) is 8.50. The van der Waals surface area contributed by atoms with E-state index in [0.29, 0.717) is 35.5 Å². The van der Waals surface area contributed by atoms with E-state index in [1.54, 1.807) is 17.4 Å². The monoisotopic (exact) mass is 594 g/mol. The molecule has 0 spiro atoms. The van der Waals surface area contributed by atoms with Crippen molar-refractivity contribution in [2.45, 2.75) is 51.6 Å². The van der Waals surface area contributed by atoms with E-state index >= 15 is 0 Å². The van der Waals surface area contributed by atoms with Crippen LogP contribution >= 0.6 is 11.6 Å². The van der Waals surface area contributed by atoms with Gasteiger partial charge >= 0.3 is 0 Å². The van der Waals surface area contributed by atoms with Crippen LogP contribution in [0, 0.1) is 17.8 Å². The van der Waals surface area contributed by atoms with Crippen molar-refractivity contribution in [1.29, 1.82) is 0 Å². The molecule has 6 N–H and O–H groups in total. The number of carbonyl (C=O) groups is 1. The highest BCUT2D eigenvalue weighted by atomic mass is 35.5. The molecule has 220 valence electrons. The van der Waals surface area contributed by atoms with Crippen molar-refractivity contribution >= 4 is 50.6 Å². The smallest absolute Gasteiger partial charge is 0.244 e. The van der Waals surface area contributed by atoms with Crippen LogP contribution in [0.2, 0.25) is 5.02 Å². The summed E-state index contributed by atoms with van der Waals surface area (Å²) in [5.74, 6) is 2.42. The minimum absolute atomic E-state index is 0.0254. The molecule has 1 atom stereocenters. The van der Waals surface area contributed by atoms with Crippen molar-refractivity contribution in [2.24, 2.45) is 11.1 Å². The second kappa shape index (κ2) is 11.0. The predicted molar refractivity (Wildman–Crippen MR) is 173 cm³/mol. The van der Waals surface area contributed by atoms with E-state index in [0.717, 1.165) is 45.2 Å². The topological polar surface area (TPSA) is 120 Å². The highest BCUT2D eigenvalue weighted by Gasteiger charge is 2.49. The molecule has 10 heteroatoms. The van der Waals surface area contributed by atoms with Crippen molar-refractivity contribution in [1.82, 2.24) is 25.9 Å². The van der Waals surface area contributed by atoms with Crippen LogP contribution in [0.25, 0.3) is 21.7 Å². The molecule has 2 aromatic heterocycles. The second-order valence-electron chi connectivity index (χ2n) is 12.4. The van der Waals surface area contributed by atoms with Crippen LogP contribution in [-0.2, 0) is 4.79 Å². The van der Waals surface area contributed by atoms with Crippen molar-refractivity contribution < 1.29 is 4.79 Å². The third-order valence-electron chi connectivity index (χ3n) is 8.21. The number of carbonyl (C=O) groups excluding carboxylic acids is 1. The summed E-state index contributed by atoms with van der Waals surface area (Å²) in [6.07, 6.45) is 15.5. The molecular weight excluding hydrogens is 560 g/mol. The van der Waals surface area contributed by atoms with Gasteiger partial charge in [0, 0.05) is 47.8 Å². The van der Waals surface area contributed by atoms with Crippen molar-refractivity contribution in [3.05, 3.63) is 83.0 Å². The molecule has 1 aliphatic carbocycles. The molecule has 1 saturated carbocycles. The van der Waals surface area contributed by atoms with Crippen molar-refractivity contribution in [2.75, 3.05) is 17.2 Å². The summed E-state index contributed by atoms with van der Waals surface area (Å²) in [7, 11) is 0. The van der Waals surface area contributed by atoms with Gasteiger partial charge in [0.15, 0.2) is 0 Å². The van der Waals surface area contributed by atoms with Crippen molar-refractivity contribution in [3.63, 3.8) is 0 Å². The summed E-state index contributed by atoms with van der Waals surface area (Å²) in [5.41, 5.74) is 16.4. The Morgan fingerprint density at radius 2 is 2.05 bits per heavy atom. The molecule has 1 aliphatic heterocycles. The molecule has 43 heavy (non-hydrogen) atoms. The van der Waals surface area contributed by atoms with Gasteiger partial charge < -0.3 is 21.8 Å². The van der Waals surface area contributed by atoms with E-state index in [2.05, 4.69) is 64.3 Å². The quantitative estimate of drug-likeness (QED) is 0.167. The molecule has 3 heterocycles. The van der Waals surface area contributed by atoms with Crippen LogP contribution in [0.1, 0.15) is 57.2 Å². The average Bonchev–Trinajstić information content (AvgIpc) is 3.43. The molecule has 6 rings (SSSR count). The SMILES string of the molecule is C#Cc1cnc2c(Cl)cc(N[C@H](C3=CN(C4(C(N)=O)CCC4)NN3)c3cccc4cnccc34)cc2c1NCC(C)(C)C. The number of halogens is 1. The van der Waals surface area contributed by atoms with Gasteiger partial charge in [0.25, 0.3) is 0 Å². The Bertz CT molecular complexity index is 1800. The van der Waals surface area contributed by atoms with Crippen LogP contribution in [-0.4, -0.2) is 33.0 Å². The predicted octanol–water partition coefficient (Wildman–Crippen LogP) is 5.60. The number of pyridine rings is 2. The second-order valence-corrected chi connectivity index (χ2v) is 12.8. The van der Waals surface area contributed by atoms with Gasteiger partial charge in [-0.2, -0.15) is 0 Å². The Morgan fingerprint density at radius 1 is 1.23 bits per heavy atom. The van der Waals surface area contributed by atoms with E-state index in [1.165, 1.54) is 0 Å². The zero-order valence-electron chi connectivity index (χ0n) is 24.5. The lowest BCUT2D eigenvalue weighted by molar-refractivity contribution is -0.136. The van der Waals surface area contributed by atoms with Gasteiger partial charge in [-0.3, -0.25) is 19.8 Å². The van der Waals surface area contributed by atoms with E-state index in [1.807, 2.05) is 42.7 Å². The van der Waals surface area contributed by atoms with Crippen molar-refractivity contribution in [3.8, 4) is 12.3 Å². The Hall–Kier alpha value is -4.52. The number of rotatable bonds is 8. The van der Waals surface area contributed by atoms with Gasteiger partial charge in [0.2, 0.25) is 5.91 Å². The molecule has 1 fully saturated rings. The maximum Gasteiger partial charge on any atom is 0.244 e. The largest absolute Gasteiger partial charge is 0.383 e. The third kappa shape index (κ3) is 5.29. The molecular formula is C33H35ClN8O. The van der Waals surface area contributed by atoms with Crippen LogP contribution in [0.4, 0.5) is 11.4 Å². The first-order chi connectivity index (χ1) is 20.6. The Kier molecular flexibility index (Phi) is 7.28. The van der Waals surface area contributed by atoms with Crippen LogP contribution in [0.5, 0.6) is 0 Å². The van der Waals surface area contributed by atoms with Crippen LogP contribution in [0.3, 0.4) is 0 Å². The number of hydrogen-bond donors (Lipinski definition) is 5. The molecule has 2 aromatic carbocycles. The number of anilines is 2. The summed E-state index contributed by atoms with van der Waals surface area (Å²) in [6, 6.07) is 11.7. The van der Waals surface area contributed by atoms with Gasteiger partial charge in [-0.05, 0) is 53.8 Å². The molecule has 4 aromatic rings. The van der Waals surface area contributed by atoms with Gasteiger partial charge in [-0.15, -0.1) is 12.0 Å². The minimum atomic E-state index is -0.765. The zero-order valence-corrected chi connectivity index (χ0v) is 25.2. The van der Waals surface area contributed by atoms with Gasteiger partial charge in [0.05, 0.1) is 33.5 Å². The summed E-state index contributed by atoms with van der Waals surface area (Å²) >= 11 is 6.86. The van der Waals surface area contributed by atoms with Gasteiger partial charge in [-0.1, -0.05) is 56.5 Å². The maximum absolute atomic E-state index is 12.5. The van der Waals surface area contributed by atoms with E-state index in [4.69, 9.17) is 23.8 Å². The highest BCUT2D eigenvalue weighted by Crippen LogP contribution is 2.41. The van der Waals surface area contributed by atoms with Crippen LogP contribution in [0.15, 0.2) is 66.9 Å². The summed E-state index contributed by atoms with van der Waals surface area (Å²) in [6.45, 7) is 7.20. The summed E-state index contributed by atoms with van der Waals surface area (Å²) < 4.78 is 0. The number of hydrogen-bond acceptors (Lipinski definition) is 8. The molecule has 1 amide bonds. The van der Waals surface area contributed by atoms with Crippen LogP contribution < -0.4 is 27.3 Å². The van der Waals surface area contributed by atoms with E-state index < -0.39 is 5.54 Å². The lowest BCUT2D eigenvalue weighted by Crippen LogP contribution is -2.63. The van der Waals surface area contributed by atoms with E-state index in [9.17, 15) is 4.79 Å². The number of aromatic nitrogens is 2. The average molecular weight is 595 g/mol. The number of amides is 1. The molecule has 9 nitrogen and oxygen atoms in total.